The zero-order valence-electron chi connectivity index (χ0n) is 13.3. The van der Waals surface area contributed by atoms with Crippen LogP contribution in [0.3, 0.4) is 0 Å². The van der Waals surface area contributed by atoms with Gasteiger partial charge in [0, 0.05) is 12.8 Å². The van der Waals surface area contributed by atoms with Crippen molar-refractivity contribution in [1.82, 2.24) is 4.90 Å². The molecule has 2 atom stereocenters. The van der Waals surface area contributed by atoms with E-state index in [1.165, 1.54) is 0 Å². The van der Waals surface area contributed by atoms with Gasteiger partial charge in [-0.2, -0.15) is 4.40 Å². The van der Waals surface area contributed by atoms with Gasteiger partial charge in [-0.05, 0) is 54.4 Å². The van der Waals surface area contributed by atoms with Crippen molar-refractivity contribution in [3.8, 4) is 0 Å². The van der Waals surface area contributed by atoms with E-state index in [2.05, 4.69) is 4.40 Å². The highest BCUT2D eigenvalue weighted by Crippen LogP contribution is 2.20. The fourth-order valence-corrected chi connectivity index (χ4v) is 2.35. The maximum atomic E-state index is 12.1. The largest absolute Gasteiger partial charge is 0.444 e. The van der Waals surface area contributed by atoms with Crippen LogP contribution in [0.5, 0.6) is 0 Å². The summed E-state index contributed by atoms with van der Waals surface area (Å²) in [5, 5.41) is 0. The first-order chi connectivity index (χ1) is 9.00. The summed E-state index contributed by atoms with van der Waals surface area (Å²) in [6.07, 6.45) is 3.06. The van der Waals surface area contributed by atoms with Gasteiger partial charge in [-0.25, -0.2) is 9.00 Å². The predicted molar refractivity (Wildman–Crippen MR) is 82.3 cm³/mol. The van der Waals surface area contributed by atoms with E-state index in [0.29, 0.717) is 6.54 Å². The summed E-state index contributed by atoms with van der Waals surface area (Å²) >= 11 is 0. The molecule has 0 saturated carbocycles. The van der Waals surface area contributed by atoms with E-state index in [0.717, 1.165) is 12.8 Å². The van der Waals surface area contributed by atoms with Crippen molar-refractivity contribution >= 4 is 23.3 Å². The number of carbonyl (C=O) groups excluding carboxylic acids is 1. The maximum absolute atomic E-state index is 12.1. The normalized spacial score (nSPS) is 22.3. The minimum absolute atomic E-state index is 0.115. The Bertz CT molecular complexity index is 408. The Morgan fingerprint density at radius 1 is 1.30 bits per heavy atom. The van der Waals surface area contributed by atoms with E-state index in [1.54, 1.807) is 11.1 Å². The monoisotopic (exact) mass is 302 g/mol. The smallest absolute Gasteiger partial charge is 0.410 e. The summed E-state index contributed by atoms with van der Waals surface area (Å²) in [4.78, 5) is 13.7. The number of nitrogens with zero attached hydrogens (tertiary/aromatic N) is 2. The van der Waals surface area contributed by atoms with Crippen LogP contribution in [-0.2, 0) is 15.7 Å². The number of carbonyl (C=O) groups is 1. The number of hydrogen-bond donors (Lipinski definition) is 0. The van der Waals surface area contributed by atoms with Crippen LogP contribution in [0.1, 0.15) is 54.4 Å². The quantitative estimate of drug-likeness (QED) is 0.737. The number of ether oxygens (including phenoxy) is 1. The molecule has 1 saturated heterocycles. The molecule has 0 bridgehead atoms. The molecule has 0 spiro atoms. The minimum Gasteiger partial charge on any atom is -0.444 e. The van der Waals surface area contributed by atoms with E-state index < -0.39 is 16.6 Å². The second-order valence-corrected chi connectivity index (χ2v) is 8.93. The lowest BCUT2D eigenvalue weighted by Crippen LogP contribution is -2.40. The lowest BCUT2D eigenvalue weighted by Gasteiger charge is -2.27. The van der Waals surface area contributed by atoms with Crippen LogP contribution in [0.2, 0.25) is 0 Å². The van der Waals surface area contributed by atoms with E-state index in [1.807, 2.05) is 41.5 Å². The van der Waals surface area contributed by atoms with Gasteiger partial charge in [-0.3, -0.25) is 0 Å². The number of rotatable bonds is 2. The first-order valence-corrected chi connectivity index (χ1v) is 8.07. The Morgan fingerprint density at radius 3 is 2.40 bits per heavy atom. The molecule has 0 aromatic rings. The van der Waals surface area contributed by atoms with Gasteiger partial charge >= 0.3 is 6.09 Å². The van der Waals surface area contributed by atoms with E-state index in [9.17, 15) is 9.00 Å². The maximum Gasteiger partial charge on any atom is 0.410 e. The minimum atomic E-state index is -1.29. The molecular formula is C14H26N2O3S. The molecule has 0 aliphatic carbocycles. The summed E-state index contributed by atoms with van der Waals surface area (Å²) in [6, 6.07) is -0.115. The Labute approximate surface area is 124 Å². The third-order valence-corrected chi connectivity index (χ3v) is 4.14. The standard InChI is InChI=1S/C14H26N2O3S/c1-13(2,3)19-12(17)16-9-7-8-11(16)10-15-20(18)14(4,5)6/h10-11H,7-9H2,1-6H3/t11-,20+/m1/s1. The molecule has 1 aliphatic heterocycles. The Kier molecular flexibility index (Phi) is 5.35. The summed E-state index contributed by atoms with van der Waals surface area (Å²) in [6.45, 7) is 11.8. The van der Waals surface area contributed by atoms with Crippen molar-refractivity contribution in [1.29, 1.82) is 0 Å². The summed E-state index contributed by atoms with van der Waals surface area (Å²) in [7, 11) is -1.29. The van der Waals surface area contributed by atoms with Gasteiger partial charge in [-0.1, -0.05) is 0 Å². The summed E-state index contributed by atoms with van der Waals surface area (Å²) in [5.74, 6) is 0. The molecule has 0 aromatic carbocycles. The van der Waals surface area contributed by atoms with E-state index >= 15 is 0 Å². The van der Waals surface area contributed by atoms with Gasteiger partial charge in [0.1, 0.15) is 16.6 Å². The van der Waals surface area contributed by atoms with Crippen LogP contribution >= 0.6 is 0 Å². The Hall–Kier alpha value is -0.910. The Morgan fingerprint density at radius 2 is 1.90 bits per heavy atom. The van der Waals surface area contributed by atoms with Crippen LogP contribution in [-0.4, -0.2) is 44.4 Å². The molecule has 0 unspecified atom stereocenters. The van der Waals surface area contributed by atoms with Crippen molar-refractivity contribution in [3.63, 3.8) is 0 Å². The number of likely N-dealkylation sites (tertiary alicyclic amines) is 1. The van der Waals surface area contributed by atoms with Gasteiger partial charge in [0.2, 0.25) is 0 Å². The molecule has 116 valence electrons. The molecule has 1 aliphatic rings. The highest BCUT2D eigenvalue weighted by molar-refractivity contribution is 7.85. The van der Waals surface area contributed by atoms with Crippen LogP contribution in [0.15, 0.2) is 4.40 Å². The fraction of sp³-hybridized carbons (Fsp3) is 0.857. The number of amides is 1. The molecule has 6 heteroatoms. The highest BCUT2D eigenvalue weighted by atomic mass is 32.2. The van der Waals surface area contributed by atoms with Crippen LogP contribution in [0, 0.1) is 0 Å². The molecule has 0 radical (unpaired) electrons. The van der Waals surface area contributed by atoms with Gasteiger partial charge in [0.15, 0.2) is 0 Å². The molecule has 0 aromatic heterocycles. The topological polar surface area (TPSA) is 59.0 Å². The molecule has 5 nitrogen and oxygen atoms in total. The van der Waals surface area contributed by atoms with Crippen molar-refractivity contribution in [3.05, 3.63) is 0 Å². The van der Waals surface area contributed by atoms with Crippen molar-refractivity contribution < 1.29 is 13.7 Å². The third-order valence-electron chi connectivity index (χ3n) is 2.78. The Balaban J connectivity index is 2.69. The number of hydrogen-bond acceptors (Lipinski definition) is 3. The second-order valence-electron chi connectivity index (χ2n) is 7.00. The molecule has 0 N–H and O–H groups in total. The molecule has 1 fully saturated rings. The molecule has 1 heterocycles. The van der Waals surface area contributed by atoms with Crippen LogP contribution in [0.4, 0.5) is 4.79 Å². The van der Waals surface area contributed by atoms with Crippen molar-refractivity contribution in [2.24, 2.45) is 4.40 Å². The van der Waals surface area contributed by atoms with Crippen LogP contribution in [0.25, 0.3) is 0 Å². The molecular weight excluding hydrogens is 276 g/mol. The average molecular weight is 302 g/mol. The van der Waals surface area contributed by atoms with Gasteiger partial charge < -0.3 is 9.64 Å². The van der Waals surface area contributed by atoms with E-state index in [4.69, 9.17) is 4.74 Å². The zero-order valence-corrected chi connectivity index (χ0v) is 14.1. The zero-order chi connectivity index (χ0) is 15.6. The summed E-state index contributed by atoms with van der Waals surface area (Å²) in [5.41, 5.74) is -0.504. The SMILES string of the molecule is CC(C)(C)OC(=O)N1CCC[C@@H]1C=N[S@@](=O)C(C)(C)C. The van der Waals surface area contributed by atoms with Crippen molar-refractivity contribution in [2.75, 3.05) is 6.54 Å². The average Bonchev–Trinajstić information content (AvgIpc) is 2.70. The highest BCUT2D eigenvalue weighted by Gasteiger charge is 2.31. The predicted octanol–water partition coefficient (Wildman–Crippen LogP) is 2.92. The summed E-state index contributed by atoms with van der Waals surface area (Å²) < 4.78 is 21.0. The molecule has 20 heavy (non-hydrogen) atoms. The first kappa shape index (κ1) is 17.1. The van der Waals surface area contributed by atoms with Gasteiger partial charge in [0.05, 0.1) is 10.8 Å². The van der Waals surface area contributed by atoms with Gasteiger partial charge in [-0.15, -0.1) is 0 Å². The first-order valence-electron chi connectivity index (χ1n) is 6.96. The van der Waals surface area contributed by atoms with Gasteiger partial charge in [0.25, 0.3) is 0 Å². The lowest BCUT2D eigenvalue weighted by molar-refractivity contribution is 0.0268. The second kappa shape index (κ2) is 6.24. The third kappa shape index (κ3) is 5.23. The van der Waals surface area contributed by atoms with Crippen molar-refractivity contribution in [2.45, 2.75) is 70.8 Å². The van der Waals surface area contributed by atoms with E-state index in [-0.39, 0.29) is 16.9 Å². The van der Waals surface area contributed by atoms with Crippen LogP contribution < -0.4 is 0 Å². The lowest BCUT2D eigenvalue weighted by atomic mass is 10.2. The molecule has 1 amide bonds. The fourth-order valence-electron chi connectivity index (χ4n) is 1.78. The molecule has 1 rings (SSSR count).